The zero-order valence-corrected chi connectivity index (χ0v) is 16.1. The van der Waals surface area contributed by atoms with Crippen molar-refractivity contribution in [3.63, 3.8) is 0 Å². The van der Waals surface area contributed by atoms with Gasteiger partial charge in [-0.05, 0) is 43.7 Å². The molecule has 29 heavy (non-hydrogen) atoms. The zero-order chi connectivity index (χ0) is 21.1. The molecule has 2 aromatic carbocycles. The summed E-state index contributed by atoms with van der Waals surface area (Å²) in [5.41, 5.74) is 3.09. The van der Waals surface area contributed by atoms with Gasteiger partial charge in [-0.3, -0.25) is 10.1 Å². The van der Waals surface area contributed by atoms with Gasteiger partial charge in [0, 0.05) is 29.1 Å². The molecular weight excluding hydrogens is 373 g/mol. The molecule has 0 aliphatic carbocycles. The number of nitrogens with zero attached hydrogens (tertiary/aromatic N) is 3. The fourth-order valence-corrected chi connectivity index (χ4v) is 3.28. The van der Waals surface area contributed by atoms with Crippen LogP contribution < -0.4 is 4.74 Å². The van der Waals surface area contributed by atoms with Crippen LogP contribution in [0.5, 0.6) is 5.75 Å². The van der Waals surface area contributed by atoms with Gasteiger partial charge in [-0.15, -0.1) is 0 Å². The quantitative estimate of drug-likeness (QED) is 0.339. The summed E-state index contributed by atoms with van der Waals surface area (Å²) in [6.07, 6.45) is 1.61. The van der Waals surface area contributed by atoms with Crippen molar-refractivity contribution in [2.45, 2.75) is 13.8 Å². The summed E-state index contributed by atoms with van der Waals surface area (Å²) in [6.45, 7) is 3.67. The fraction of sp³-hybridized carbons (Fsp3) is 0.136. The van der Waals surface area contributed by atoms with Crippen LogP contribution >= 0.6 is 0 Å². The monoisotopic (exact) mass is 391 g/mol. The van der Waals surface area contributed by atoms with E-state index in [9.17, 15) is 19.8 Å². The van der Waals surface area contributed by atoms with Crippen molar-refractivity contribution in [2.24, 2.45) is 0 Å². The topological polar surface area (TPSA) is 81.1 Å². The lowest BCUT2D eigenvalue weighted by Crippen LogP contribution is -2.03. The summed E-state index contributed by atoms with van der Waals surface area (Å²) >= 11 is 0. The first-order valence-electron chi connectivity index (χ1n) is 8.75. The average molecular weight is 391 g/mol. The van der Waals surface area contributed by atoms with Crippen molar-refractivity contribution >= 4 is 17.3 Å². The highest BCUT2D eigenvalue weighted by molar-refractivity contribution is 5.90. The summed E-state index contributed by atoms with van der Waals surface area (Å²) in [4.78, 5) is 10.7. The van der Waals surface area contributed by atoms with Gasteiger partial charge >= 0.3 is 0 Å². The number of hydrogen-bond donors (Lipinski definition) is 0. The standard InChI is InChI=1S/C22H18FN3O3/c1-14-10-16(11-17(13-24)19-6-4-5-7-20(19)23)15(2)25(14)21-12-18(26(27)28)8-9-22(21)29-3/h4-12H,1-3H3/b17-11-. The maximum atomic E-state index is 14.1. The number of non-ortho nitro benzene ring substituents is 1. The second-order valence-corrected chi connectivity index (χ2v) is 6.42. The molecule has 0 unspecified atom stereocenters. The van der Waals surface area contributed by atoms with Crippen LogP contribution in [0.1, 0.15) is 22.5 Å². The fourth-order valence-electron chi connectivity index (χ4n) is 3.28. The molecule has 7 heteroatoms. The number of aryl methyl sites for hydroxylation is 1. The van der Waals surface area contributed by atoms with E-state index in [1.165, 1.54) is 25.3 Å². The Balaban J connectivity index is 2.18. The molecule has 146 valence electrons. The van der Waals surface area contributed by atoms with E-state index in [1.54, 1.807) is 30.3 Å². The number of halogens is 1. The largest absolute Gasteiger partial charge is 0.495 e. The first-order valence-corrected chi connectivity index (χ1v) is 8.75. The van der Waals surface area contributed by atoms with Gasteiger partial charge in [0.25, 0.3) is 5.69 Å². The Hall–Kier alpha value is -3.92. The number of nitriles is 1. The molecule has 0 N–H and O–H groups in total. The predicted octanol–water partition coefficient (Wildman–Crippen LogP) is 5.21. The Morgan fingerprint density at radius 1 is 1.24 bits per heavy atom. The summed E-state index contributed by atoms with van der Waals surface area (Å²) in [5.74, 6) is -0.00278. The van der Waals surface area contributed by atoms with Crippen LogP contribution in [0.4, 0.5) is 10.1 Å². The van der Waals surface area contributed by atoms with Gasteiger partial charge < -0.3 is 9.30 Å². The Kier molecular flexibility index (Phi) is 5.46. The summed E-state index contributed by atoms with van der Waals surface area (Å²) < 4.78 is 21.3. The third kappa shape index (κ3) is 3.73. The second kappa shape index (κ2) is 7.98. The van der Waals surface area contributed by atoms with Crippen LogP contribution in [0.15, 0.2) is 48.5 Å². The van der Waals surface area contributed by atoms with Crippen molar-refractivity contribution in [3.8, 4) is 17.5 Å². The molecule has 0 atom stereocenters. The van der Waals surface area contributed by atoms with Crippen LogP contribution in [0.3, 0.4) is 0 Å². The van der Waals surface area contributed by atoms with Gasteiger partial charge in [-0.25, -0.2) is 4.39 Å². The van der Waals surface area contributed by atoms with E-state index in [0.29, 0.717) is 17.0 Å². The summed E-state index contributed by atoms with van der Waals surface area (Å²) in [5, 5.41) is 20.7. The van der Waals surface area contributed by atoms with E-state index in [2.05, 4.69) is 0 Å². The van der Waals surface area contributed by atoms with Gasteiger partial charge in [0.05, 0.1) is 29.4 Å². The number of ether oxygens (including phenoxy) is 1. The highest BCUT2D eigenvalue weighted by atomic mass is 19.1. The third-order valence-electron chi connectivity index (χ3n) is 4.67. The molecule has 0 saturated carbocycles. The van der Waals surface area contributed by atoms with E-state index in [0.717, 1.165) is 11.4 Å². The molecule has 0 aliphatic rings. The summed E-state index contributed by atoms with van der Waals surface area (Å²) in [7, 11) is 1.49. The minimum atomic E-state index is -0.477. The van der Waals surface area contributed by atoms with Gasteiger partial charge in [0.2, 0.25) is 0 Å². The number of allylic oxidation sites excluding steroid dienone is 1. The number of rotatable bonds is 5. The van der Waals surface area contributed by atoms with Crippen LogP contribution in [0.25, 0.3) is 17.3 Å². The first-order chi connectivity index (χ1) is 13.9. The van der Waals surface area contributed by atoms with Crippen molar-refractivity contribution in [3.05, 3.63) is 87.0 Å². The van der Waals surface area contributed by atoms with E-state index >= 15 is 0 Å². The maximum Gasteiger partial charge on any atom is 0.271 e. The lowest BCUT2D eigenvalue weighted by Gasteiger charge is -2.14. The molecule has 3 aromatic rings. The summed E-state index contributed by atoms with van der Waals surface area (Å²) in [6, 6.07) is 14.3. The number of nitro benzene ring substituents is 1. The molecule has 6 nitrogen and oxygen atoms in total. The molecule has 0 fully saturated rings. The minimum absolute atomic E-state index is 0.0607. The second-order valence-electron chi connectivity index (χ2n) is 6.42. The molecule has 0 bridgehead atoms. The van der Waals surface area contributed by atoms with Gasteiger partial charge in [0.15, 0.2) is 0 Å². The van der Waals surface area contributed by atoms with E-state index in [1.807, 2.05) is 30.6 Å². The van der Waals surface area contributed by atoms with Crippen molar-refractivity contribution < 1.29 is 14.1 Å². The molecule has 0 spiro atoms. The molecule has 0 radical (unpaired) electrons. The molecular formula is C22H18FN3O3. The number of aromatic nitrogens is 1. The molecule has 0 amide bonds. The Morgan fingerprint density at radius 3 is 2.59 bits per heavy atom. The lowest BCUT2D eigenvalue weighted by molar-refractivity contribution is -0.384. The molecule has 0 saturated heterocycles. The highest BCUT2D eigenvalue weighted by Gasteiger charge is 2.18. The molecule has 0 aliphatic heterocycles. The van der Waals surface area contributed by atoms with E-state index in [4.69, 9.17) is 4.74 Å². The SMILES string of the molecule is COc1ccc([N+](=O)[O-])cc1-n1c(C)cc(/C=C(/C#N)c2ccccc2F)c1C. The van der Waals surface area contributed by atoms with Crippen LogP contribution in [-0.4, -0.2) is 16.6 Å². The van der Waals surface area contributed by atoms with Gasteiger partial charge in [0.1, 0.15) is 11.6 Å². The number of hydrogen-bond acceptors (Lipinski definition) is 4. The predicted molar refractivity (Wildman–Crippen MR) is 108 cm³/mol. The average Bonchev–Trinajstić information content (AvgIpc) is 2.99. The number of benzene rings is 2. The Bertz CT molecular complexity index is 1170. The molecule has 1 heterocycles. The van der Waals surface area contributed by atoms with Crippen LogP contribution in [0, 0.1) is 41.1 Å². The lowest BCUT2D eigenvalue weighted by atomic mass is 10.0. The highest BCUT2D eigenvalue weighted by Crippen LogP contribution is 2.32. The Labute approximate surface area is 167 Å². The Morgan fingerprint density at radius 2 is 1.97 bits per heavy atom. The number of methoxy groups -OCH3 is 1. The molecule has 3 rings (SSSR count). The van der Waals surface area contributed by atoms with Gasteiger partial charge in [-0.1, -0.05) is 18.2 Å². The third-order valence-corrected chi connectivity index (χ3v) is 4.67. The van der Waals surface area contributed by atoms with Gasteiger partial charge in [-0.2, -0.15) is 5.26 Å². The van der Waals surface area contributed by atoms with E-state index < -0.39 is 10.7 Å². The maximum absolute atomic E-state index is 14.1. The normalized spacial score (nSPS) is 11.2. The number of nitro groups is 1. The van der Waals surface area contributed by atoms with Crippen LogP contribution in [0.2, 0.25) is 0 Å². The first kappa shape index (κ1) is 19.8. The van der Waals surface area contributed by atoms with Crippen molar-refractivity contribution in [2.75, 3.05) is 7.11 Å². The molecule has 1 aromatic heterocycles. The van der Waals surface area contributed by atoms with Crippen LogP contribution in [-0.2, 0) is 0 Å². The zero-order valence-electron chi connectivity index (χ0n) is 16.1. The van der Waals surface area contributed by atoms with Crippen molar-refractivity contribution in [1.29, 1.82) is 5.26 Å². The van der Waals surface area contributed by atoms with Crippen molar-refractivity contribution in [1.82, 2.24) is 4.57 Å². The minimum Gasteiger partial charge on any atom is -0.495 e. The van der Waals surface area contributed by atoms with E-state index in [-0.39, 0.29) is 16.8 Å². The smallest absolute Gasteiger partial charge is 0.271 e.